The lowest BCUT2D eigenvalue weighted by molar-refractivity contribution is 0.625. The second-order valence-electron chi connectivity index (χ2n) is 23.7. The molecule has 414 valence electrons. The first-order valence-corrected chi connectivity index (χ1v) is 32.0. The Balaban J connectivity index is 0.686. The number of anilines is 1. The van der Waals surface area contributed by atoms with Crippen LogP contribution in [0.5, 0.6) is 0 Å². The van der Waals surface area contributed by atoms with Gasteiger partial charge in [0.05, 0.1) is 16.7 Å². The number of nitrogens with one attached hydrogen (secondary N) is 2. The highest BCUT2D eigenvalue weighted by atomic mass is 32.1. The monoisotopic (exact) mass is 1170 g/mol. The number of thiophene rings is 2. The molecule has 19 aromatic rings. The van der Waals surface area contributed by atoms with Crippen LogP contribution in [0.3, 0.4) is 0 Å². The highest BCUT2D eigenvalue weighted by Gasteiger charge is 2.28. The molecule has 0 amide bonds. The van der Waals surface area contributed by atoms with E-state index in [0.717, 1.165) is 88.8 Å². The largest absolute Gasteiger partial charge is 0.455 e. The van der Waals surface area contributed by atoms with Gasteiger partial charge < -0.3 is 19.3 Å². The van der Waals surface area contributed by atoms with Crippen LogP contribution < -0.4 is 5.32 Å². The van der Waals surface area contributed by atoms with E-state index in [-0.39, 0.29) is 0 Å². The van der Waals surface area contributed by atoms with Gasteiger partial charge in [-0.1, -0.05) is 206 Å². The molecule has 1 atom stereocenters. The summed E-state index contributed by atoms with van der Waals surface area (Å²) in [6, 6.07) is 100. The summed E-state index contributed by atoms with van der Waals surface area (Å²) >= 11 is 3.75. The molecule has 0 saturated carbocycles. The van der Waals surface area contributed by atoms with Gasteiger partial charge in [0.1, 0.15) is 11.2 Å². The number of furan rings is 1. The van der Waals surface area contributed by atoms with Crippen molar-refractivity contribution in [2.45, 2.75) is 6.29 Å². The first-order chi connectivity index (χ1) is 44.1. The molecular weight excluding hydrogens is 1120 g/mol. The van der Waals surface area contributed by atoms with Crippen LogP contribution in [0.2, 0.25) is 0 Å². The Bertz CT molecular complexity index is 6290. The van der Waals surface area contributed by atoms with Crippen LogP contribution >= 0.6 is 22.7 Å². The molecule has 7 heteroatoms. The Morgan fingerprint density at radius 1 is 0.348 bits per heavy atom. The maximum Gasteiger partial charge on any atom is 0.201 e. The standard InChI is InChI=1S/C82H48N4OS2/c1-3-15-53-46(13-1)31-39-69-75(53)65-44-51(32-38-68(65)83-69)56-20-11-22-60-64-43-50(35-42-72(64)87-79(56)60)55-36-37-58(81-77(55)63-19-7-10-26-74(63)89-81)48-27-29-49(30-28-48)78-62-18-5-8-24-67(62)84-82(85-78)86-70-40-34-52(45-66(70)76-54-16-4-2-14-47(54)33-41-71(76)86)57-21-12-23-61-59-17-6-9-25-73(59)88-80(57)61/h1-45,82-84H. The highest BCUT2D eigenvalue weighted by molar-refractivity contribution is 7.26. The number of aromatic amines is 1. The van der Waals surface area contributed by atoms with Gasteiger partial charge in [-0.05, 0) is 127 Å². The van der Waals surface area contributed by atoms with Crippen LogP contribution in [0.25, 0.3) is 172 Å². The third kappa shape index (κ3) is 7.25. The normalized spacial score (nSPS) is 13.7. The van der Waals surface area contributed by atoms with Crippen LogP contribution in [0, 0.1) is 0 Å². The number of hydrogen-bond acceptors (Lipinski definition) is 5. The minimum absolute atomic E-state index is 0.424. The molecule has 1 aliphatic rings. The van der Waals surface area contributed by atoms with Crippen molar-refractivity contribution in [1.29, 1.82) is 0 Å². The van der Waals surface area contributed by atoms with E-state index < -0.39 is 6.29 Å². The maximum absolute atomic E-state index is 6.86. The van der Waals surface area contributed by atoms with Crippen LogP contribution in [0.15, 0.2) is 282 Å². The molecule has 1 aliphatic heterocycles. The van der Waals surface area contributed by atoms with Gasteiger partial charge in [0, 0.05) is 106 Å². The van der Waals surface area contributed by atoms with Crippen molar-refractivity contribution in [3.63, 3.8) is 0 Å². The Morgan fingerprint density at radius 2 is 0.921 bits per heavy atom. The fraction of sp³-hybridized carbons (Fsp3) is 0.0122. The lowest BCUT2D eigenvalue weighted by Crippen LogP contribution is -2.24. The Hall–Kier alpha value is -11.1. The third-order valence-electron chi connectivity index (χ3n) is 19.0. The van der Waals surface area contributed by atoms with Crippen LogP contribution in [0.1, 0.15) is 17.4 Å². The molecule has 20 rings (SSSR count). The number of nitrogens with zero attached hydrogens (tertiary/aromatic N) is 2. The molecule has 0 radical (unpaired) electrons. The first kappa shape index (κ1) is 49.1. The Labute approximate surface area is 517 Å². The van der Waals surface area contributed by atoms with Gasteiger partial charge in [-0.25, -0.2) is 4.99 Å². The van der Waals surface area contributed by atoms with Gasteiger partial charge in [0.15, 0.2) is 0 Å². The Morgan fingerprint density at radius 3 is 1.79 bits per heavy atom. The van der Waals surface area contributed by atoms with E-state index in [0.29, 0.717) is 0 Å². The lowest BCUT2D eigenvalue weighted by atomic mass is 9.93. The summed E-state index contributed by atoms with van der Waals surface area (Å²) in [5.41, 5.74) is 19.9. The van der Waals surface area contributed by atoms with Crippen LogP contribution in [0.4, 0.5) is 5.69 Å². The number of aromatic nitrogens is 2. The summed E-state index contributed by atoms with van der Waals surface area (Å²) in [6.45, 7) is 0. The number of aliphatic imine (C=N–C) groups is 1. The molecule has 0 fully saturated rings. The van der Waals surface area contributed by atoms with Gasteiger partial charge in [-0.15, -0.1) is 22.7 Å². The predicted molar refractivity (Wildman–Crippen MR) is 380 cm³/mol. The van der Waals surface area contributed by atoms with Crippen molar-refractivity contribution in [2.24, 2.45) is 4.99 Å². The Kier molecular flexibility index (Phi) is 10.3. The molecule has 5 aromatic heterocycles. The zero-order chi connectivity index (χ0) is 58.0. The lowest BCUT2D eigenvalue weighted by Gasteiger charge is -2.28. The quantitative estimate of drug-likeness (QED) is 0.174. The number of hydrogen-bond donors (Lipinski definition) is 2. The van der Waals surface area contributed by atoms with E-state index in [1.165, 1.54) is 106 Å². The fourth-order valence-corrected chi connectivity index (χ4v) is 17.4. The van der Waals surface area contributed by atoms with E-state index in [9.17, 15) is 0 Å². The van der Waals surface area contributed by atoms with Crippen molar-refractivity contribution >= 4 is 162 Å². The van der Waals surface area contributed by atoms with Crippen LogP contribution in [-0.4, -0.2) is 15.3 Å². The van der Waals surface area contributed by atoms with E-state index >= 15 is 0 Å². The first-order valence-electron chi connectivity index (χ1n) is 30.3. The molecule has 5 nitrogen and oxygen atoms in total. The van der Waals surface area contributed by atoms with Crippen LogP contribution in [-0.2, 0) is 0 Å². The smallest absolute Gasteiger partial charge is 0.201 e. The van der Waals surface area contributed by atoms with E-state index in [1.807, 2.05) is 22.7 Å². The van der Waals surface area contributed by atoms with Gasteiger partial charge in [0.25, 0.3) is 0 Å². The van der Waals surface area contributed by atoms with Gasteiger partial charge in [-0.2, -0.15) is 0 Å². The highest BCUT2D eigenvalue weighted by Crippen LogP contribution is 2.49. The average molecular weight is 1170 g/mol. The van der Waals surface area contributed by atoms with Gasteiger partial charge in [-0.3, -0.25) is 0 Å². The van der Waals surface area contributed by atoms with E-state index in [1.54, 1.807) is 0 Å². The molecule has 0 saturated heterocycles. The van der Waals surface area contributed by atoms with Crippen molar-refractivity contribution in [2.75, 3.05) is 5.32 Å². The minimum Gasteiger partial charge on any atom is -0.455 e. The molecular formula is C82H48N4OS2. The van der Waals surface area contributed by atoms with E-state index in [4.69, 9.17) is 9.41 Å². The SMILES string of the molecule is c1ccc2c(c1)NC(n1c3ccc(-c4cccc5c4sc4ccccc45)cc3c3c4ccccc4ccc31)N=C2c1ccc(-c2ccc(-c3ccc4oc5c(-c6ccc7[nH]c8ccc9ccccc9c8c7c6)cccc5c4c3)c3c2sc2ccccc23)cc1. The topological polar surface area (TPSA) is 58.2 Å². The number of H-pyrrole nitrogens is 1. The summed E-state index contributed by atoms with van der Waals surface area (Å²) in [4.78, 5) is 9.42. The molecule has 0 bridgehead atoms. The molecule has 0 aliphatic carbocycles. The summed E-state index contributed by atoms with van der Waals surface area (Å²) in [7, 11) is 0. The number of fused-ring (bicyclic) bond motifs is 20. The molecule has 89 heavy (non-hydrogen) atoms. The zero-order valence-corrected chi connectivity index (χ0v) is 49.3. The minimum atomic E-state index is -0.424. The third-order valence-corrected chi connectivity index (χ3v) is 21.4. The van der Waals surface area contributed by atoms with Crippen molar-refractivity contribution in [1.82, 2.24) is 9.55 Å². The summed E-state index contributed by atoms with van der Waals surface area (Å²) in [6.07, 6.45) is -0.424. The second-order valence-corrected chi connectivity index (χ2v) is 25.8. The number of rotatable bonds is 6. The number of benzene rings is 14. The van der Waals surface area contributed by atoms with Gasteiger partial charge >= 0.3 is 0 Å². The van der Waals surface area contributed by atoms with Crippen molar-refractivity contribution in [3.8, 4) is 44.5 Å². The predicted octanol–water partition coefficient (Wildman–Crippen LogP) is 23.5. The summed E-state index contributed by atoms with van der Waals surface area (Å²) in [5.74, 6) is 0. The average Bonchev–Trinajstić information content (AvgIpc) is 1.71. The zero-order valence-electron chi connectivity index (χ0n) is 47.7. The molecule has 6 heterocycles. The second kappa shape index (κ2) is 18.7. The van der Waals surface area contributed by atoms with Gasteiger partial charge in [0.2, 0.25) is 6.29 Å². The van der Waals surface area contributed by atoms with Crippen molar-refractivity contribution < 1.29 is 4.42 Å². The molecule has 0 spiro atoms. The molecule has 2 N–H and O–H groups in total. The number of para-hydroxylation sites is 2. The maximum atomic E-state index is 6.86. The summed E-state index contributed by atoms with van der Waals surface area (Å²) in [5, 5.41) is 21.1. The fourth-order valence-electron chi connectivity index (χ4n) is 14.9. The molecule has 1 unspecified atom stereocenters. The molecule has 14 aromatic carbocycles. The summed E-state index contributed by atoms with van der Waals surface area (Å²) < 4.78 is 14.4. The van der Waals surface area contributed by atoms with E-state index in [2.05, 4.69) is 288 Å². The van der Waals surface area contributed by atoms with Crippen molar-refractivity contribution in [3.05, 3.63) is 284 Å².